The number of aliphatic carboxylic acids is 3. The maximum atomic E-state index is 13.0. The van der Waals surface area contributed by atoms with E-state index in [0.29, 0.717) is 109 Å². The fraction of sp³-hybridized carbons (Fsp3) is 0.667. The Morgan fingerprint density at radius 2 is 1.08 bits per heavy atom. The number of carbonyl (C=O) groups excluding carboxylic acids is 4. The third-order valence-corrected chi connectivity index (χ3v) is 10.6. The standard InChI is InChI=1S/C39H62BN7O12/c1-29(39(57)47-15-7-10-34(47)40(58)59)42-38(56)30-11-13-31(14-12-30)41-24-32(48)8-5-3-2-4-6-9-33(49)25-43-16-18-44(26-35(50)51)20-22-46(28-37(54)55)23-21-45(19-17-43)27-36(52)53/h11-14,29,34,41,58-59H,2-10,15-28H2,1H3,(H,42,56)(H,50,51)(H,52,53)(H,54,55)/t29-,34+/m1/s1. The largest absolute Gasteiger partial charge is 0.480 e. The highest BCUT2D eigenvalue weighted by Gasteiger charge is 2.38. The number of carboxylic acids is 3. The van der Waals surface area contributed by atoms with Crippen molar-refractivity contribution in [2.45, 2.75) is 76.7 Å². The van der Waals surface area contributed by atoms with Crippen molar-refractivity contribution in [3.8, 4) is 0 Å². The predicted molar refractivity (Wildman–Crippen MR) is 218 cm³/mol. The van der Waals surface area contributed by atoms with Gasteiger partial charge in [-0.3, -0.25) is 53.2 Å². The van der Waals surface area contributed by atoms with Gasteiger partial charge in [0.25, 0.3) is 5.91 Å². The lowest BCUT2D eigenvalue weighted by atomic mass is 9.78. The van der Waals surface area contributed by atoms with E-state index < -0.39 is 42.9 Å². The van der Waals surface area contributed by atoms with Crippen LogP contribution in [0.3, 0.4) is 0 Å². The summed E-state index contributed by atoms with van der Waals surface area (Å²) in [5.41, 5.74) is 0.993. The molecular weight excluding hydrogens is 769 g/mol. The van der Waals surface area contributed by atoms with Crippen molar-refractivity contribution >= 4 is 54.1 Å². The molecule has 2 saturated heterocycles. The van der Waals surface area contributed by atoms with Crippen LogP contribution in [0.5, 0.6) is 0 Å². The van der Waals surface area contributed by atoms with Gasteiger partial charge in [0.05, 0.1) is 38.7 Å². The summed E-state index contributed by atoms with van der Waals surface area (Å²) in [4.78, 5) is 93.9. The Kier molecular flexibility index (Phi) is 21.5. The Bertz CT molecular complexity index is 1520. The summed E-state index contributed by atoms with van der Waals surface area (Å²) in [6.45, 7) is 4.26. The van der Waals surface area contributed by atoms with Gasteiger partial charge >= 0.3 is 25.0 Å². The predicted octanol–water partition coefficient (Wildman–Crippen LogP) is -0.436. The highest BCUT2D eigenvalue weighted by atomic mass is 16.4. The fourth-order valence-electron chi connectivity index (χ4n) is 7.28. The molecule has 0 unspecified atom stereocenters. The van der Waals surface area contributed by atoms with Gasteiger partial charge in [0.15, 0.2) is 5.78 Å². The summed E-state index contributed by atoms with van der Waals surface area (Å²) in [7, 11) is -1.64. The monoisotopic (exact) mass is 831 g/mol. The molecule has 2 heterocycles. The van der Waals surface area contributed by atoms with E-state index in [2.05, 4.69) is 10.6 Å². The molecule has 2 fully saturated rings. The van der Waals surface area contributed by atoms with Crippen molar-refractivity contribution in [3.05, 3.63) is 29.8 Å². The van der Waals surface area contributed by atoms with Gasteiger partial charge in [-0.2, -0.15) is 0 Å². The van der Waals surface area contributed by atoms with E-state index in [0.717, 1.165) is 19.3 Å². The summed E-state index contributed by atoms with van der Waals surface area (Å²) in [5.74, 6) is -4.48. The number of nitrogens with one attached hydrogen (secondary N) is 2. The lowest BCUT2D eigenvalue weighted by Crippen LogP contribution is -2.52. The van der Waals surface area contributed by atoms with Crippen molar-refractivity contribution in [1.29, 1.82) is 0 Å². The van der Waals surface area contributed by atoms with Gasteiger partial charge in [0.2, 0.25) is 5.91 Å². The van der Waals surface area contributed by atoms with Crippen molar-refractivity contribution in [1.82, 2.24) is 29.8 Å². The first-order valence-corrected chi connectivity index (χ1v) is 20.5. The topological polar surface area (TPSA) is 261 Å². The summed E-state index contributed by atoms with van der Waals surface area (Å²) < 4.78 is 0. The summed E-state index contributed by atoms with van der Waals surface area (Å²) in [6, 6.07) is 5.68. The molecule has 0 aromatic heterocycles. The van der Waals surface area contributed by atoms with Crippen LogP contribution < -0.4 is 10.6 Å². The Labute approximate surface area is 345 Å². The lowest BCUT2D eigenvalue weighted by Gasteiger charge is -2.32. The molecule has 0 bridgehead atoms. The molecule has 2 atom stereocenters. The van der Waals surface area contributed by atoms with Crippen molar-refractivity contribution in [2.24, 2.45) is 0 Å². The number of carboxylic acid groups (broad SMARTS) is 3. The number of Topliss-reactive ketones (excluding diaryl/α,β-unsaturated/α-hetero) is 2. The minimum Gasteiger partial charge on any atom is -0.480 e. The number of benzene rings is 1. The van der Waals surface area contributed by atoms with Gasteiger partial charge in [-0.05, 0) is 56.9 Å². The number of hydrogen-bond donors (Lipinski definition) is 7. The SMILES string of the molecule is C[C@@H](NC(=O)c1ccc(NCC(=O)CCCCCCCC(=O)CN2CCN(CC(=O)O)CCN(CC(=O)O)CCN(CC(=O)O)CC2)cc1)C(=O)N1CCC[C@H]1B(O)O. The molecule has 7 N–H and O–H groups in total. The Morgan fingerprint density at radius 3 is 1.54 bits per heavy atom. The normalized spacial score (nSPS) is 18.3. The first-order valence-electron chi connectivity index (χ1n) is 20.5. The number of rotatable bonds is 23. The molecule has 2 amide bonds. The van der Waals surface area contributed by atoms with E-state index in [4.69, 9.17) is 0 Å². The molecule has 1 aromatic carbocycles. The zero-order valence-electron chi connectivity index (χ0n) is 34.1. The quantitative estimate of drug-likeness (QED) is 0.0545. The average Bonchev–Trinajstić information content (AvgIpc) is 3.68. The second kappa shape index (κ2) is 25.9. The highest BCUT2D eigenvalue weighted by Crippen LogP contribution is 2.19. The fourth-order valence-corrected chi connectivity index (χ4v) is 7.28. The second-order valence-electron chi connectivity index (χ2n) is 15.4. The van der Waals surface area contributed by atoms with Gasteiger partial charge in [-0.15, -0.1) is 0 Å². The number of carbonyl (C=O) groups is 7. The van der Waals surface area contributed by atoms with Gasteiger partial charge in [0.1, 0.15) is 11.8 Å². The van der Waals surface area contributed by atoms with Crippen LogP contribution >= 0.6 is 0 Å². The molecule has 2 aliphatic rings. The van der Waals surface area contributed by atoms with Gasteiger partial charge in [-0.1, -0.05) is 19.3 Å². The number of unbranched alkanes of at least 4 members (excludes halogenated alkanes) is 4. The van der Waals surface area contributed by atoms with Crippen LogP contribution in [0.15, 0.2) is 24.3 Å². The van der Waals surface area contributed by atoms with E-state index in [1.807, 2.05) is 4.90 Å². The summed E-state index contributed by atoms with van der Waals surface area (Å²) in [5, 5.41) is 53.0. The maximum Gasteiger partial charge on any atom is 0.475 e. The third kappa shape index (κ3) is 19.0. The minimum atomic E-state index is -1.64. The van der Waals surface area contributed by atoms with Crippen LogP contribution in [0.4, 0.5) is 5.69 Å². The lowest BCUT2D eigenvalue weighted by molar-refractivity contribution is -0.140. The van der Waals surface area contributed by atoms with Crippen LogP contribution in [0, 0.1) is 0 Å². The number of ketones is 2. The molecule has 328 valence electrons. The van der Waals surface area contributed by atoms with Crippen molar-refractivity contribution in [2.75, 3.05) is 96.9 Å². The van der Waals surface area contributed by atoms with Gasteiger partial charge in [0, 0.05) is 83.0 Å². The number of nitrogens with zero attached hydrogens (tertiary/aromatic N) is 5. The number of likely N-dealkylation sites (tertiary alicyclic amines) is 1. The molecular formula is C39H62BN7O12. The van der Waals surface area contributed by atoms with E-state index >= 15 is 0 Å². The molecule has 20 heteroatoms. The maximum absolute atomic E-state index is 13.0. The van der Waals surface area contributed by atoms with E-state index in [1.54, 1.807) is 45.9 Å². The Hall–Kier alpha value is -4.47. The van der Waals surface area contributed by atoms with Crippen LogP contribution in [0.2, 0.25) is 0 Å². The van der Waals surface area contributed by atoms with Crippen LogP contribution in [-0.4, -0.2) is 202 Å². The van der Waals surface area contributed by atoms with E-state index in [9.17, 15) is 58.9 Å². The molecule has 0 radical (unpaired) electrons. The smallest absolute Gasteiger partial charge is 0.475 e. The number of anilines is 1. The average molecular weight is 832 g/mol. The molecule has 0 spiro atoms. The first kappa shape index (κ1) is 48.9. The second-order valence-corrected chi connectivity index (χ2v) is 15.4. The van der Waals surface area contributed by atoms with E-state index in [-0.39, 0.29) is 50.2 Å². The first-order chi connectivity index (χ1) is 28.1. The van der Waals surface area contributed by atoms with Crippen molar-refractivity contribution < 1.29 is 58.9 Å². The molecule has 2 aliphatic heterocycles. The summed E-state index contributed by atoms with van der Waals surface area (Å²) in [6.07, 6.45) is 5.82. The highest BCUT2D eigenvalue weighted by molar-refractivity contribution is 6.43. The number of amides is 2. The van der Waals surface area contributed by atoms with E-state index in [1.165, 1.54) is 4.90 Å². The van der Waals surface area contributed by atoms with Gasteiger partial charge < -0.3 is 40.9 Å². The zero-order valence-corrected chi connectivity index (χ0v) is 34.1. The molecule has 19 nitrogen and oxygen atoms in total. The third-order valence-electron chi connectivity index (χ3n) is 10.6. The van der Waals surface area contributed by atoms with Crippen LogP contribution in [-0.2, 0) is 28.8 Å². The van der Waals surface area contributed by atoms with Gasteiger partial charge in [-0.25, -0.2) is 0 Å². The van der Waals surface area contributed by atoms with Crippen LogP contribution in [0.25, 0.3) is 0 Å². The zero-order chi connectivity index (χ0) is 43.3. The molecule has 3 rings (SSSR count). The molecule has 0 aliphatic carbocycles. The minimum absolute atomic E-state index is 0.0369. The van der Waals surface area contributed by atoms with Crippen molar-refractivity contribution in [3.63, 3.8) is 0 Å². The summed E-state index contributed by atoms with van der Waals surface area (Å²) >= 11 is 0. The van der Waals surface area contributed by atoms with Crippen LogP contribution in [0.1, 0.15) is 75.1 Å². The molecule has 1 aromatic rings. The molecule has 0 saturated carbocycles. The Morgan fingerprint density at radius 1 is 0.644 bits per heavy atom. The Balaban J connectivity index is 1.34. The number of hydrogen-bond acceptors (Lipinski definition) is 14. The molecule has 59 heavy (non-hydrogen) atoms.